The van der Waals surface area contributed by atoms with Crippen LogP contribution in [0.2, 0.25) is 0 Å². The Morgan fingerprint density at radius 1 is 1.11 bits per heavy atom. The number of likely N-dealkylation sites (tertiary alicyclic amines) is 1. The van der Waals surface area contributed by atoms with Gasteiger partial charge >= 0.3 is 0 Å². The number of nitrogens with zero attached hydrogens (tertiary/aromatic N) is 3. The van der Waals surface area contributed by atoms with Crippen molar-refractivity contribution in [3.63, 3.8) is 0 Å². The lowest BCUT2D eigenvalue weighted by atomic mass is 9.86. The van der Waals surface area contributed by atoms with Crippen LogP contribution in [0, 0.1) is 5.41 Å². The minimum Gasteiger partial charge on any atom is -0.316 e. The maximum Gasteiger partial charge on any atom is 0.0723 e. The molecule has 0 saturated carbocycles. The summed E-state index contributed by atoms with van der Waals surface area (Å²) in [7, 11) is 0. The quantitative estimate of drug-likeness (QED) is 0.863. The number of halogens is 1. The van der Waals surface area contributed by atoms with Gasteiger partial charge in [0.2, 0.25) is 0 Å². The summed E-state index contributed by atoms with van der Waals surface area (Å²) in [5.74, 6) is 0. The molecule has 2 saturated heterocycles. The molecule has 27 heavy (non-hydrogen) atoms. The van der Waals surface area contributed by atoms with Gasteiger partial charge in [0.25, 0.3) is 0 Å². The molecule has 5 heteroatoms. The van der Waals surface area contributed by atoms with Crippen molar-refractivity contribution in [2.75, 3.05) is 26.2 Å². The minimum absolute atomic E-state index is 0. The molecular weight excluding hydrogens is 356 g/mol. The van der Waals surface area contributed by atoms with Crippen LogP contribution in [0.3, 0.4) is 0 Å². The highest BCUT2D eigenvalue weighted by atomic mass is 35.5. The Hall–Kier alpha value is -1.36. The molecule has 4 nitrogen and oxygen atoms in total. The molecule has 2 aliphatic rings. The van der Waals surface area contributed by atoms with Crippen LogP contribution in [0.5, 0.6) is 0 Å². The van der Waals surface area contributed by atoms with Crippen molar-refractivity contribution in [1.82, 2.24) is 20.0 Å². The predicted octanol–water partition coefficient (Wildman–Crippen LogP) is 3.84. The van der Waals surface area contributed by atoms with Crippen LogP contribution in [-0.2, 0) is 18.5 Å². The van der Waals surface area contributed by atoms with E-state index in [1.165, 1.54) is 55.8 Å². The van der Waals surface area contributed by atoms with E-state index >= 15 is 0 Å². The molecule has 1 N–H and O–H groups in total. The van der Waals surface area contributed by atoms with Gasteiger partial charge in [-0.25, -0.2) is 0 Å². The maximum absolute atomic E-state index is 4.99. The summed E-state index contributed by atoms with van der Waals surface area (Å²) in [6.45, 7) is 13.5. The lowest BCUT2D eigenvalue weighted by Crippen LogP contribution is -2.29. The summed E-state index contributed by atoms with van der Waals surface area (Å²) >= 11 is 0. The molecule has 1 aromatic carbocycles. The number of hydrogen-bond donors (Lipinski definition) is 1. The van der Waals surface area contributed by atoms with Crippen LogP contribution in [0.25, 0.3) is 0 Å². The molecule has 2 aromatic rings. The lowest BCUT2D eigenvalue weighted by molar-refractivity contribution is 0.267. The predicted molar refractivity (Wildman–Crippen MR) is 114 cm³/mol. The third kappa shape index (κ3) is 4.56. The largest absolute Gasteiger partial charge is 0.316 e. The van der Waals surface area contributed by atoms with Crippen molar-refractivity contribution in [3.05, 3.63) is 53.3 Å². The zero-order valence-electron chi connectivity index (χ0n) is 16.9. The zero-order valence-corrected chi connectivity index (χ0v) is 17.7. The third-order valence-electron chi connectivity index (χ3n) is 5.98. The molecule has 0 aliphatic carbocycles. The normalized spacial score (nSPS) is 23.1. The van der Waals surface area contributed by atoms with Crippen LogP contribution in [0.15, 0.2) is 36.5 Å². The summed E-state index contributed by atoms with van der Waals surface area (Å²) in [5, 5.41) is 8.55. The molecule has 0 bridgehead atoms. The van der Waals surface area contributed by atoms with E-state index in [4.69, 9.17) is 5.10 Å². The second kappa shape index (κ2) is 7.94. The minimum atomic E-state index is 0. The fraction of sp³-hybridized carbons (Fsp3) is 0.591. The van der Waals surface area contributed by atoms with Gasteiger partial charge in [0.05, 0.1) is 12.2 Å². The average Bonchev–Trinajstić information content (AvgIpc) is 3.31. The number of nitrogens with one attached hydrogen (secondary N) is 1. The summed E-state index contributed by atoms with van der Waals surface area (Å²) in [4.78, 5) is 2.64. The van der Waals surface area contributed by atoms with Crippen LogP contribution in [0.1, 0.15) is 50.4 Å². The summed E-state index contributed by atoms with van der Waals surface area (Å²) < 4.78 is 2.13. The van der Waals surface area contributed by atoms with E-state index in [1.54, 1.807) is 0 Å². The van der Waals surface area contributed by atoms with Crippen LogP contribution >= 0.6 is 12.4 Å². The smallest absolute Gasteiger partial charge is 0.0723 e. The Labute approximate surface area is 169 Å². The van der Waals surface area contributed by atoms with Crippen LogP contribution in [0.4, 0.5) is 0 Å². The monoisotopic (exact) mass is 388 g/mol. The summed E-state index contributed by atoms with van der Waals surface area (Å²) in [6, 6.07) is 10.6. The molecule has 4 rings (SSSR count). The topological polar surface area (TPSA) is 33.1 Å². The Bertz CT molecular complexity index is 741. The van der Waals surface area contributed by atoms with E-state index in [0.717, 1.165) is 13.1 Å². The van der Waals surface area contributed by atoms with Gasteiger partial charge in [-0.1, -0.05) is 51.1 Å². The molecule has 2 aliphatic heterocycles. The van der Waals surface area contributed by atoms with E-state index in [9.17, 15) is 0 Å². The molecule has 1 aromatic heterocycles. The van der Waals surface area contributed by atoms with Gasteiger partial charge in [-0.2, -0.15) is 5.10 Å². The zero-order chi connectivity index (χ0) is 18.2. The van der Waals surface area contributed by atoms with E-state index in [0.29, 0.717) is 5.41 Å². The summed E-state index contributed by atoms with van der Waals surface area (Å²) in [6.07, 6.45) is 4.96. The average molecular weight is 389 g/mol. The van der Waals surface area contributed by atoms with Gasteiger partial charge in [-0.05, 0) is 36.9 Å². The van der Waals surface area contributed by atoms with Crippen LogP contribution in [-0.4, -0.2) is 40.9 Å². The standard InChI is InChI=1S/C22H32N4.ClH/c1-21(2,3)20-19(14-25-12-10-22(17-25)9-11-23-16-22)15-26(24-20)13-18-7-5-4-6-8-18;/h4-8,15,23H,9-14,16-17H2,1-3H3;1H. The first-order chi connectivity index (χ1) is 12.4. The lowest BCUT2D eigenvalue weighted by Gasteiger charge is -2.24. The second-order valence-electron chi connectivity index (χ2n) is 9.32. The Morgan fingerprint density at radius 2 is 1.89 bits per heavy atom. The maximum atomic E-state index is 4.99. The van der Waals surface area contributed by atoms with Gasteiger partial charge < -0.3 is 5.32 Å². The molecule has 3 heterocycles. The second-order valence-corrected chi connectivity index (χ2v) is 9.32. The van der Waals surface area contributed by atoms with Crippen molar-refractivity contribution in [2.45, 2.75) is 52.1 Å². The third-order valence-corrected chi connectivity index (χ3v) is 5.98. The molecule has 0 radical (unpaired) electrons. The number of benzene rings is 1. The Morgan fingerprint density at radius 3 is 2.56 bits per heavy atom. The van der Waals surface area contributed by atoms with Crippen molar-refractivity contribution in [3.8, 4) is 0 Å². The van der Waals surface area contributed by atoms with Crippen molar-refractivity contribution >= 4 is 12.4 Å². The fourth-order valence-electron chi connectivity index (χ4n) is 4.61. The SMILES string of the molecule is CC(C)(C)c1nn(Cc2ccccc2)cc1CN1CCC2(CCNC2)C1.Cl. The van der Waals surface area contributed by atoms with Crippen molar-refractivity contribution in [1.29, 1.82) is 0 Å². The van der Waals surface area contributed by atoms with E-state index in [1.807, 2.05) is 0 Å². The molecule has 1 spiro atoms. The number of rotatable bonds is 4. The molecule has 0 amide bonds. The Kier molecular flexibility index (Phi) is 5.99. The number of hydrogen-bond acceptors (Lipinski definition) is 3. The Balaban J connectivity index is 0.00000210. The first kappa shape index (κ1) is 20.4. The highest BCUT2D eigenvalue weighted by Gasteiger charge is 2.40. The van der Waals surface area contributed by atoms with Gasteiger partial charge in [-0.15, -0.1) is 12.4 Å². The first-order valence-electron chi connectivity index (χ1n) is 9.97. The van der Waals surface area contributed by atoms with Crippen molar-refractivity contribution in [2.24, 2.45) is 5.41 Å². The molecular formula is C22H33ClN4. The highest BCUT2D eigenvalue weighted by Crippen LogP contribution is 2.37. The first-order valence-corrected chi connectivity index (χ1v) is 9.97. The van der Waals surface area contributed by atoms with Crippen LogP contribution < -0.4 is 5.32 Å². The van der Waals surface area contributed by atoms with E-state index in [2.05, 4.69) is 72.2 Å². The molecule has 1 atom stereocenters. The van der Waals surface area contributed by atoms with Gasteiger partial charge in [0.1, 0.15) is 0 Å². The van der Waals surface area contributed by atoms with Crippen molar-refractivity contribution < 1.29 is 0 Å². The van der Waals surface area contributed by atoms with Gasteiger partial charge in [0.15, 0.2) is 0 Å². The van der Waals surface area contributed by atoms with E-state index in [-0.39, 0.29) is 17.8 Å². The molecule has 1 unspecified atom stereocenters. The van der Waals surface area contributed by atoms with Gasteiger partial charge in [-0.3, -0.25) is 9.58 Å². The highest BCUT2D eigenvalue weighted by molar-refractivity contribution is 5.85. The fourth-order valence-corrected chi connectivity index (χ4v) is 4.61. The number of aromatic nitrogens is 2. The molecule has 2 fully saturated rings. The summed E-state index contributed by atoms with van der Waals surface area (Å²) in [5.41, 5.74) is 4.56. The van der Waals surface area contributed by atoms with Gasteiger partial charge in [0, 0.05) is 36.8 Å². The van der Waals surface area contributed by atoms with E-state index < -0.39 is 0 Å². The molecule has 148 valence electrons.